The lowest BCUT2D eigenvalue weighted by Crippen LogP contribution is -2.90. The number of nitrogens with two attached hydrogens (primary N) is 1. The summed E-state index contributed by atoms with van der Waals surface area (Å²) in [6.07, 6.45) is 0.647. The molecular formula is C17H27NO6. The van der Waals surface area contributed by atoms with E-state index < -0.39 is 11.9 Å². The second-order valence-electron chi connectivity index (χ2n) is 5.80. The third kappa shape index (κ3) is 12.6. The number of quaternary nitrogens is 1. The molecule has 0 amide bonds. The van der Waals surface area contributed by atoms with Gasteiger partial charge in [-0.15, -0.1) is 0 Å². The molecule has 1 rings (SSSR count). The van der Waals surface area contributed by atoms with E-state index in [0.29, 0.717) is 19.2 Å². The van der Waals surface area contributed by atoms with E-state index in [9.17, 15) is 5.11 Å². The zero-order chi connectivity index (χ0) is 18.5. The fourth-order valence-corrected chi connectivity index (χ4v) is 1.78. The number of aliphatic hydroxyl groups is 1. The maximum atomic E-state index is 9.76. The summed E-state index contributed by atoms with van der Waals surface area (Å²) in [7, 11) is 0. The minimum atomic E-state index is -2.07. The summed E-state index contributed by atoms with van der Waals surface area (Å²) in [5.41, 5.74) is 1.27. The van der Waals surface area contributed by atoms with Crippen molar-refractivity contribution in [3.05, 3.63) is 35.9 Å². The molecule has 0 fully saturated rings. The van der Waals surface area contributed by atoms with Crippen LogP contribution in [0.2, 0.25) is 0 Å². The normalized spacial score (nSPS) is 12.9. The van der Waals surface area contributed by atoms with E-state index in [2.05, 4.69) is 31.3 Å². The van der Waals surface area contributed by atoms with Gasteiger partial charge in [0.2, 0.25) is 0 Å². The molecule has 0 aliphatic heterocycles. The zero-order valence-electron chi connectivity index (χ0n) is 14.3. The maximum absolute atomic E-state index is 9.76. The molecule has 0 saturated heterocycles. The number of aliphatic hydroxyl groups excluding tert-OH is 1. The van der Waals surface area contributed by atoms with Crippen molar-refractivity contribution in [3.8, 4) is 0 Å². The molecule has 136 valence electrons. The molecular weight excluding hydrogens is 314 g/mol. The molecule has 0 spiro atoms. The second kappa shape index (κ2) is 12.5. The second-order valence-corrected chi connectivity index (χ2v) is 5.80. The standard InChI is InChI=1S/C15H25NO2.C2H2O4/c1-12(2)16-10-15(17)11-18-13(3)9-14-7-5-4-6-8-14;3-1(4)2(5)6/h4-8,12-13,15-17H,9-11H2,1-3H3;(H,3,4)(H,5,6). The molecule has 4 N–H and O–H groups in total. The quantitative estimate of drug-likeness (QED) is 0.510. The highest BCUT2D eigenvalue weighted by Crippen LogP contribution is 2.05. The van der Waals surface area contributed by atoms with Crippen LogP contribution in [-0.2, 0) is 20.7 Å². The third-order valence-electron chi connectivity index (χ3n) is 2.99. The predicted molar refractivity (Wildman–Crippen MR) is 86.1 cm³/mol. The Morgan fingerprint density at radius 2 is 1.75 bits per heavy atom. The lowest BCUT2D eigenvalue weighted by Gasteiger charge is -2.16. The van der Waals surface area contributed by atoms with E-state index in [4.69, 9.17) is 24.5 Å². The number of ether oxygens (including phenoxy) is 1. The van der Waals surface area contributed by atoms with Gasteiger partial charge in [-0.05, 0) is 32.8 Å². The fourth-order valence-electron chi connectivity index (χ4n) is 1.78. The topological polar surface area (TPSA) is 124 Å². The van der Waals surface area contributed by atoms with Gasteiger partial charge < -0.3 is 30.2 Å². The van der Waals surface area contributed by atoms with Crippen molar-refractivity contribution in [1.82, 2.24) is 0 Å². The Morgan fingerprint density at radius 1 is 1.21 bits per heavy atom. The lowest BCUT2D eigenvalue weighted by molar-refractivity contribution is -0.688. The number of hydrogen-bond acceptors (Lipinski definition) is 5. The maximum Gasteiger partial charge on any atom is 0.351 e. The molecule has 1 aromatic rings. The van der Waals surface area contributed by atoms with Crippen LogP contribution >= 0.6 is 0 Å². The van der Waals surface area contributed by atoms with Gasteiger partial charge in [0.05, 0.1) is 18.8 Å². The molecule has 2 atom stereocenters. The highest BCUT2D eigenvalue weighted by Gasteiger charge is 2.11. The molecule has 0 aliphatic rings. The van der Waals surface area contributed by atoms with Crippen LogP contribution in [0.1, 0.15) is 26.3 Å². The number of carboxylic acids is 2. The Bertz CT molecular complexity index is 465. The SMILES string of the molecule is CC(C)[NH2+]CC(O)COC(C)Cc1ccccc1.O=C([O-])C(=O)O. The number of benzene rings is 1. The smallest absolute Gasteiger partial charge is 0.351 e. The first-order valence-corrected chi connectivity index (χ1v) is 7.83. The number of hydrogen-bond donors (Lipinski definition) is 3. The van der Waals surface area contributed by atoms with Crippen LogP contribution in [0.15, 0.2) is 30.3 Å². The van der Waals surface area contributed by atoms with Crippen molar-refractivity contribution in [3.63, 3.8) is 0 Å². The molecule has 0 aromatic heterocycles. The lowest BCUT2D eigenvalue weighted by atomic mass is 10.1. The molecule has 24 heavy (non-hydrogen) atoms. The molecule has 2 unspecified atom stereocenters. The minimum absolute atomic E-state index is 0.140. The monoisotopic (exact) mass is 341 g/mol. The largest absolute Gasteiger partial charge is 0.539 e. The molecule has 1 aromatic carbocycles. The predicted octanol–water partition coefficient (Wildman–Crippen LogP) is -1.21. The molecule has 7 nitrogen and oxygen atoms in total. The van der Waals surface area contributed by atoms with E-state index in [1.165, 1.54) is 5.56 Å². The van der Waals surface area contributed by atoms with Crippen LogP contribution in [-0.4, -0.2) is 53.6 Å². The van der Waals surface area contributed by atoms with Crippen LogP contribution < -0.4 is 10.4 Å². The van der Waals surface area contributed by atoms with Gasteiger partial charge >= 0.3 is 5.97 Å². The van der Waals surface area contributed by atoms with Crippen molar-refractivity contribution in [1.29, 1.82) is 0 Å². The Labute approximate surface area is 142 Å². The Balaban J connectivity index is 0.000000754. The van der Waals surface area contributed by atoms with Gasteiger partial charge in [0, 0.05) is 0 Å². The average Bonchev–Trinajstić information content (AvgIpc) is 2.52. The third-order valence-corrected chi connectivity index (χ3v) is 2.99. The Morgan fingerprint density at radius 3 is 2.21 bits per heavy atom. The van der Waals surface area contributed by atoms with Gasteiger partial charge in [-0.25, -0.2) is 4.79 Å². The highest BCUT2D eigenvalue weighted by molar-refractivity contribution is 6.26. The van der Waals surface area contributed by atoms with Gasteiger partial charge in [0.15, 0.2) is 5.97 Å². The summed E-state index contributed by atoms with van der Waals surface area (Å²) in [4.78, 5) is 18.0. The van der Waals surface area contributed by atoms with Gasteiger partial charge in [0.25, 0.3) is 0 Å². The first-order chi connectivity index (χ1) is 11.2. The number of carbonyl (C=O) groups is 2. The van der Waals surface area contributed by atoms with E-state index >= 15 is 0 Å². The molecule has 0 saturated carbocycles. The van der Waals surface area contributed by atoms with Crippen molar-refractivity contribution in [2.75, 3.05) is 13.2 Å². The Kier molecular flexibility index (Phi) is 11.4. The minimum Gasteiger partial charge on any atom is -0.539 e. The number of carbonyl (C=O) groups excluding carboxylic acids is 1. The van der Waals surface area contributed by atoms with Crippen LogP contribution in [0.3, 0.4) is 0 Å². The van der Waals surface area contributed by atoms with Crippen molar-refractivity contribution >= 4 is 11.9 Å². The summed E-state index contributed by atoms with van der Waals surface area (Å²) in [6.45, 7) is 7.40. The van der Waals surface area contributed by atoms with E-state index in [1.54, 1.807) is 0 Å². The van der Waals surface area contributed by atoms with Gasteiger partial charge in [0.1, 0.15) is 12.6 Å². The fraction of sp³-hybridized carbons (Fsp3) is 0.529. The van der Waals surface area contributed by atoms with Crippen LogP contribution in [0.25, 0.3) is 0 Å². The van der Waals surface area contributed by atoms with Crippen LogP contribution in [0.4, 0.5) is 0 Å². The summed E-state index contributed by atoms with van der Waals surface area (Å²) >= 11 is 0. The van der Waals surface area contributed by atoms with Crippen LogP contribution in [0, 0.1) is 0 Å². The van der Waals surface area contributed by atoms with Crippen molar-refractivity contribution < 1.29 is 35.0 Å². The average molecular weight is 341 g/mol. The summed E-state index contributed by atoms with van der Waals surface area (Å²) < 4.78 is 5.67. The number of rotatable bonds is 8. The zero-order valence-corrected chi connectivity index (χ0v) is 14.3. The summed E-state index contributed by atoms with van der Waals surface area (Å²) in [5, 5.41) is 28.2. The van der Waals surface area contributed by atoms with Gasteiger partial charge in [-0.2, -0.15) is 0 Å². The summed E-state index contributed by atoms with van der Waals surface area (Å²) in [5.74, 6) is -4.01. The molecule has 7 heteroatoms. The van der Waals surface area contributed by atoms with E-state index in [1.807, 2.05) is 25.1 Å². The van der Waals surface area contributed by atoms with Gasteiger partial charge in [-0.1, -0.05) is 30.3 Å². The molecule has 0 aliphatic carbocycles. The first kappa shape index (κ1) is 22.0. The van der Waals surface area contributed by atoms with E-state index in [-0.39, 0.29) is 12.2 Å². The Hall–Kier alpha value is -1.96. The first-order valence-electron chi connectivity index (χ1n) is 7.83. The van der Waals surface area contributed by atoms with Crippen LogP contribution in [0.5, 0.6) is 0 Å². The van der Waals surface area contributed by atoms with Crippen molar-refractivity contribution in [2.24, 2.45) is 0 Å². The molecule has 0 bridgehead atoms. The van der Waals surface area contributed by atoms with Gasteiger partial charge in [-0.3, -0.25) is 0 Å². The summed E-state index contributed by atoms with van der Waals surface area (Å²) in [6, 6.07) is 10.8. The van der Waals surface area contributed by atoms with E-state index in [0.717, 1.165) is 6.42 Å². The number of carboxylic acid groups (broad SMARTS) is 2. The molecule has 0 radical (unpaired) electrons. The number of aliphatic carboxylic acids is 2. The molecule has 0 heterocycles. The van der Waals surface area contributed by atoms with Crippen molar-refractivity contribution in [2.45, 2.75) is 45.4 Å². The highest BCUT2D eigenvalue weighted by atomic mass is 16.5.